The Bertz CT molecular complexity index is 990. The van der Waals surface area contributed by atoms with Gasteiger partial charge in [0.15, 0.2) is 5.11 Å². The summed E-state index contributed by atoms with van der Waals surface area (Å²) in [5, 5.41) is 3.97. The van der Waals surface area contributed by atoms with Gasteiger partial charge in [-0.15, -0.1) is 0 Å². The minimum atomic E-state index is -0.225. The molecule has 0 aliphatic carbocycles. The number of benzene rings is 1. The highest BCUT2D eigenvalue weighted by Gasteiger charge is 2.43. The number of nitrogens with one attached hydrogen (secondary N) is 1. The quantitative estimate of drug-likeness (QED) is 0.651. The summed E-state index contributed by atoms with van der Waals surface area (Å²) >= 11 is 5.72. The van der Waals surface area contributed by atoms with Crippen molar-refractivity contribution < 1.29 is 13.9 Å². The van der Waals surface area contributed by atoms with E-state index in [0.29, 0.717) is 16.6 Å². The first kappa shape index (κ1) is 18.3. The highest BCUT2D eigenvalue weighted by atomic mass is 32.1. The first-order valence-corrected chi connectivity index (χ1v) is 9.32. The van der Waals surface area contributed by atoms with Crippen LogP contribution in [0.2, 0.25) is 0 Å². The van der Waals surface area contributed by atoms with Gasteiger partial charge in [0.1, 0.15) is 29.1 Å². The predicted molar refractivity (Wildman–Crippen MR) is 111 cm³/mol. The lowest BCUT2D eigenvalue weighted by atomic mass is 10.0. The Kier molecular flexibility index (Phi) is 4.92. The molecule has 1 aromatic carbocycles. The molecule has 1 aliphatic rings. The van der Waals surface area contributed by atoms with Crippen LogP contribution >= 0.6 is 12.2 Å². The lowest BCUT2D eigenvalue weighted by Crippen LogP contribution is -2.29. The molecule has 3 heterocycles. The third-order valence-electron chi connectivity index (χ3n) is 4.80. The Hall–Kier alpha value is -3.06. The molecule has 28 heavy (non-hydrogen) atoms. The summed E-state index contributed by atoms with van der Waals surface area (Å²) in [5.74, 6) is 3.05. The number of pyridine rings is 1. The zero-order valence-corrected chi connectivity index (χ0v) is 16.7. The van der Waals surface area contributed by atoms with E-state index in [9.17, 15) is 0 Å². The first-order chi connectivity index (χ1) is 13.6. The molecule has 1 aliphatic heterocycles. The van der Waals surface area contributed by atoms with Crippen LogP contribution in [0.4, 0.5) is 5.69 Å². The van der Waals surface area contributed by atoms with Crippen molar-refractivity contribution in [3.8, 4) is 11.5 Å². The fourth-order valence-electron chi connectivity index (χ4n) is 3.50. The molecule has 4 rings (SSSR count). The van der Waals surface area contributed by atoms with Gasteiger partial charge in [-0.3, -0.25) is 4.98 Å². The Morgan fingerprint density at radius 1 is 1.11 bits per heavy atom. The molecule has 2 atom stereocenters. The van der Waals surface area contributed by atoms with Crippen molar-refractivity contribution in [2.75, 3.05) is 19.1 Å². The number of ether oxygens (including phenoxy) is 2. The molecule has 1 saturated heterocycles. The summed E-state index contributed by atoms with van der Waals surface area (Å²) in [6, 6.07) is 15.0. The van der Waals surface area contributed by atoms with Crippen LogP contribution in [0.3, 0.4) is 0 Å². The molecule has 144 valence electrons. The number of rotatable bonds is 5. The maximum Gasteiger partial charge on any atom is 0.174 e. The second kappa shape index (κ2) is 7.52. The molecule has 0 radical (unpaired) electrons. The van der Waals surface area contributed by atoms with Crippen molar-refractivity contribution in [3.05, 3.63) is 71.9 Å². The van der Waals surface area contributed by atoms with Crippen LogP contribution in [-0.2, 0) is 0 Å². The Morgan fingerprint density at radius 3 is 2.61 bits per heavy atom. The van der Waals surface area contributed by atoms with Gasteiger partial charge in [0.05, 0.1) is 31.6 Å². The molecule has 3 aromatic rings. The monoisotopic (exact) mass is 395 g/mol. The number of aryl methyl sites for hydroxylation is 1. The fraction of sp³-hybridized carbons (Fsp3) is 0.238. The van der Waals surface area contributed by atoms with Crippen molar-refractivity contribution in [2.24, 2.45) is 0 Å². The molecule has 0 spiro atoms. The summed E-state index contributed by atoms with van der Waals surface area (Å²) in [6.45, 7) is 1.93. The third-order valence-corrected chi connectivity index (χ3v) is 5.11. The topological polar surface area (TPSA) is 59.8 Å². The van der Waals surface area contributed by atoms with Crippen LogP contribution < -0.4 is 19.7 Å². The lowest BCUT2D eigenvalue weighted by Gasteiger charge is -2.27. The summed E-state index contributed by atoms with van der Waals surface area (Å²) < 4.78 is 17.0. The van der Waals surface area contributed by atoms with E-state index >= 15 is 0 Å². The SMILES string of the molecule is COc1ccc(OC)c(N2C(=S)N[C@H](c3ccccn3)[C@H]2c2ccc(C)o2)c1. The molecule has 0 amide bonds. The van der Waals surface area contributed by atoms with E-state index in [1.165, 1.54) is 0 Å². The second-order valence-electron chi connectivity index (χ2n) is 6.48. The minimum Gasteiger partial charge on any atom is -0.497 e. The number of thiocarbonyl (C=S) groups is 1. The van der Waals surface area contributed by atoms with E-state index in [1.807, 2.05) is 60.4 Å². The number of hydrogen-bond acceptors (Lipinski definition) is 5. The molecular formula is C21H21N3O3S. The summed E-state index contributed by atoms with van der Waals surface area (Å²) in [7, 11) is 3.27. The van der Waals surface area contributed by atoms with E-state index < -0.39 is 0 Å². The Balaban J connectivity index is 1.87. The van der Waals surface area contributed by atoms with Gasteiger partial charge >= 0.3 is 0 Å². The summed E-state index contributed by atoms with van der Waals surface area (Å²) in [6.07, 6.45) is 1.78. The molecule has 0 unspecified atom stereocenters. The van der Waals surface area contributed by atoms with Crippen LogP contribution in [0.5, 0.6) is 11.5 Å². The average molecular weight is 395 g/mol. The largest absolute Gasteiger partial charge is 0.497 e. The van der Waals surface area contributed by atoms with Crippen LogP contribution in [0.1, 0.15) is 29.3 Å². The second-order valence-corrected chi connectivity index (χ2v) is 6.87. The molecule has 2 aromatic heterocycles. The van der Waals surface area contributed by atoms with Gasteiger partial charge in [-0.1, -0.05) is 6.07 Å². The van der Waals surface area contributed by atoms with E-state index in [-0.39, 0.29) is 12.1 Å². The van der Waals surface area contributed by atoms with Crippen molar-refractivity contribution in [1.29, 1.82) is 0 Å². The predicted octanol–water partition coefficient (Wildman–Crippen LogP) is 4.18. The van der Waals surface area contributed by atoms with Crippen molar-refractivity contribution in [1.82, 2.24) is 10.3 Å². The number of furan rings is 1. The van der Waals surface area contributed by atoms with Gasteiger partial charge in [-0.2, -0.15) is 0 Å². The van der Waals surface area contributed by atoms with Crippen molar-refractivity contribution in [2.45, 2.75) is 19.0 Å². The van der Waals surface area contributed by atoms with Crippen LogP contribution in [-0.4, -0.2) is 24.3 Å². The van der Waals surface area contributed by atoms with E-state index in [0.717, 1.165) is 22.9 Å². The fourth-order valence-corrected chi connectivity index (χ4v) is 3.84. The molecular weight excluding hydrogens is 374 g/mol. The van der Waals surface area contributed by atoms with Gasteiger partial charge < -0.3 is 24.1 Å². The smallest absolute Gasteiger partial charge is 0.174 e. The Morgan fingerprint density at radius 2 is 1.96 bits per heavy atom. The molecule has 7 heteroatoms. The molecule has 0 saturated carbocycles. The van der Waals surface area contributed by atoms with Gasteiger partial charge in [0, 0.05) is 12.3 Å². The molecule has 6 nitrogen and oxygen atoms in total. The average Bonchev–Trinajstić information content (AvgIpc) is 3.30. The normalized spacial score (nSPS) is 18.8. The molecule has 1 N–H and O–H groups in total. The maximum atomic E-state index is 6.01. The maximum absolute atomic E-state index is 6.01. The van der Waals surface area contributed by atoms with E-state index in [4.69, 9.17) is 26.1 Å². The van der Waals surface area contributed by atoms with E-state index in [1.54, 1.807) is 20.4 Å². The summed E-state index contributed by atoms with van der Waals surface area (Å²) in [5.41, 5.74) is 1.69. The number of methoxy groups -OCH3 is 2. The first-order valence-electron chi connectivity index (χ1n) is 8.91. The standard InChI is InChI=1S/C21H21N3O3S/c1-13-7-9-18(27-13)20-19(15-6-4-5-11-22-15)23-21(28)24(20)16-12-14(25-2)8-10-17(16)26-3/h4-12,19-20H,1-3H3,(H,23,28)/t19-,20-/m1/s1. The van der Waals surface area contributed by atoms with Gasteiger partial charge in [-0.05, 0) is 55.5 Å². The van der Waals surface area contributed by atoms with Crippen LogP contribution in [0.15, 0.2) is 59.1 Å². The van der Waals surface area contributed by atoms with Crippen molar-refractivity contribution >= 4 is 23.0 Å². The van der Waals surface area contributed by atoms with Gasteiger partial charge in [-0.25, -0.2) is 0 Å². The van der Waals surface area contributed by atoms with Crippen LogP contribution in [0, 0.1) is 6.92 Å². The molecule has 0 bridgehead atoms. The minimum absolute atomic E-state index is 0.171. The Labute approximate surface area is 169 Å². The molecule has 1 fully saturated rings. The third kappa shape index (κ3) is 3.18. The highest BCUT2D eigenvalue weighted by Crippen LogP contribution is 2.45. The zero-order chi connectivity index (χ0) is 19.7. The number of nitrogens with zero attached hydrogens (tertiary/aromatic N) is 2. The number of aromatic nitrogens is 1. The van der Waals surface area contributed by atoms with E-state index in [2.05, 4.69) is 10.3 Å². The van der Waals surface area contributed by atoms with Crippen LogP contribution in [0.25, 0.3) is 0 Å². The van der Waals surface area contributed by atoms with Gasteiger partial charge in [0.2, 0.25) is 0 Å². The zero-order valence-electron chi connectivity index (χ0n) is 15.9. The van der Waals surface area contributed by atoms with Gasteiger partial charge in [0.25, 0.3) is 0 Å². The number of anilines is 1. The number of hydrogen-bond donors (Lipinski definition) is 1. The highest BCUT2D eigenvalue weighted by molar-refractivity contribution is 7.80. The lowest BCUT2D eigenvalue weighted by molar-refractivity contribution is 0.397. The van der Waals surface area contributed by atoms with Crippen molar-refractivity contribution in [3.63, 3.8) is 0 Å². The summed E-state index contributed by atoms with van der Waals surface area (Å²) in [4.78, 5) is 6.54.